The second-order valence-corrected chi connectivity index (χ2v) is 3.39. The molecule has 1 rings (SSSR count). The molecule has 1 aromatic heterocycles. The summed E-state index contributed by atoms with van der Waals surface area (Å²) in [6.07, 6.45) is 1.31. The van der Waals surface area contributed by atoms with Crippen LogP contribution in [0.25, 0.3) is 0 Å². The van der Waals surface area contributed by atoms with Crippen molar-refractivity contribution in [3.63, 3.8) is 0 Å². The number of carboxylic acid groups (broad SMARTS) is 1. The van der Waals surface area contributed by atoms with Crippen molar-refractivity contribution in [3.05, 3.63) is 26.5 Å². The maximum absolute atomic E-state index is 10.4. The topological polar surface area (TPSA) is 50.2 Å². The van der Waals surface area contributed by atoms with Crippen LogP contribution in [-0.4, -0.2) is 16.1 Å². The third kappa shape index (κ3) is 2.03. The van der Waals surface area contributed by atoms with Gasteiger partial charge in [0.05, 0.1) is 5.02 Å². The van der Waals surface area contributed by atoms with Crippen molar-refractivity contribution in [3.8, 4) is 0 Å². The van der Waals surface area contributed by atoms with Crippen LogP contribution in [0.3, 0.4) is 0 Å². The number of pyridine rings is 1. The molecule has 0 aliphatic heterocycles. The summed E-state index contributed by atoms with van der Waals surface area (Å²) in [5.41, 5.74) is 0.0370. The molecule has 3 nitrogen and oxygen atoms in total. The fourth-order valence-electron chi connectivity index (χ4n) is 0.572. The Morgan fingerprint density at radius 3 is 2.82 bits per heavy atom. The van der Waals surface area contributed by atoms with E-state index >= 15 is 0 Å². The van der Waals surface area contributed by atoms with Crippen molar-refractivity contribution in [2.24, 2.45) is 0 Å². The molecule has 0 aliphatic carbocycles. The standard InChI is InChI=1S/C6H3ClINO2/c7-3-1-4(8)5(6(10)11)9-2-3/h1-2H,(H,10,11). The summed E-state index contributed by atoms with van der Waals surface area (Å²) < 4.78 is 0.544. The molecule has 0 spiro atoms. The van der Waals surface area contributed by atoms with Crippen molar-refractivity contribution in [2.75, 3.05) is 0 Å². The van der Waals surface area contributed by atoms with Gasteiger partial charge >= 0.3 is 5.97 Å². The van der Waals surface area contributed by atoms with Crippen LogP contribution in [0.2, 0.25) is 5.02 Å². The molecular weight excluding hydrogens is 280 g/mol. The summed E-state index contributed by atoms with van der Waals surface area (Å²) in [6.45, 7) is 0. The molecule has 0 atom stereocenters. The smallest absolute Gasteiger partial charge is 0.355 e. The zero-order valence-electron chi connectivity index (χ0n) is 5.21. The van der Waals surface area contributed by atoms with E-state index in [1.807, 2.05) is 22.6 Å². The lowest BCUT2D eigenvalue weighted by Crippen LogP contribution is -2.02. The first kappa shape index (κ1) is 8.73. The van der Waals surface area contributed by atoms with Gasteiger partial charge in [0.1, 0.15) is 0 Å². The van der Waals surface area contributed by atoms with E-state index in [1.54, 1.807) is 6.07 Å². The van der Waals surface area contributed by atoms with Crippen LogP contribution < -0.4 is 0 Å². The minimum atomic E-state index is -1.04. The van der Waals surface area contributed by atoms with E-state index < -0.39 is 5.97 Å². The van der Waals surface area contributed by atoms with Gasteiger partial charge in [0, 0.05) is 9.77 Å². The molecule has 58 valence electrons. The summed E-state index contributed by atoms with van der Waals surface area (Å²) >= 11 is 7.43. The van der Waals surface area contributed by atoms with Gasteiger partial charge in [-0.15, -0.1) is 0 Å². The second kappa shape index (κ2) is 3.36. The number of rotatable bonds is 1. The van der Waals surface area contributed by atoms with E-state index in [2.05, 4.69) is 4.98 Å². The number of hydrogen-bond acceptors (Lipinski definition) is 2. The molecule has 0 radical (unpaired) electrons. The molecule has 0 aliphatic rings. The number of hydrogen-bond donors (Lipinski definition) is 1. The molecule has 0 bridgehead atoms. The van der Waals surface area contributed by atoms with Crippen LogP contribution in [-0.2, 0) is 0 Å². The molecule has 0 unspecified atom stereocenters. The average Bonchev–Trinajstić information content (AvgIpc) is 1.85. The van der Waals surface area contributed by atoms with Gasteiger partial charge in [0.2, 0.25) is 0 Å². The summed E-state index contributed by atoms with van der Waals surface area (Å²) in [6, 6.07) is 1.55. The zero-order chi connectivity index (χ0) is 8.43. The minimum Gasteiger partial charge on any atom is -0.476 e. The van der Waals surface area contributed by atoms with E-state index in [9.17, 15) is 4.79 Å². The number of aromatic nitrogens is 1. The van der Waals surface area contributed by atoms with Gasteiger partial charge in [-0.2, -0.15) is 0 Å². The van der Waals surface area contributed by atoms with E-state index in [1.165, 1.54) is 6.20 Å². The molecule has 1 heterocycles. The number of carbonyl (C=O) groups is 1. The first-order chi connectivity index (χ1) is 5.11. The number of nitrogens with zero attached hydrogens (tertiary/aromatic N) is 1. The second-order valence-electron chi connectivity index (χ2n) is 1.79. The van der Waals surface area contributed by atoms with Gasteiger partial charge < -0.3 is 5.11 Å². The highest BCUT2D eigenvalue weighted by atomic mass is 127. The van der Waals surface area contributed by atoms with Crippen molar-refractivity contribution in [1.29, 1.82) is 0 Å². The lowest BCUT2D eigenvalue weighted by Gasteiger charge is -1.96. The largest absolute Gasteiger partial charge is 0.476 e. The van der Waals surface area contributed by atoms with Gasteiger partial charge in [-0.1, -0.05) is 11.6 Å². The predicted octanol–water partition coefficient (Wildman–Crippen LogP) is 2.04. The van der Waals surface area contributed by atoms with Crippen LogP contribution in [0.5, 0.6) is 0 Å². The van der Waals surface area contributed by atoms with Crippen molar-refractivity contribution >= 4 is 40.2 Å². The molecular formula is C6H3ClINO2. The minimum absolute atomic E-state index is 0.0370. The third-order valence-electron chi connectivity index (χ3n) is 1.01. The zero-order valence-corrected chi connectivity index (χ0v) is 8.13. The Morgan fingerprint density at radius 2 is 2.36 bits per heavy atom. The van der Waals surface area contributed by atoms with E-state index in [-0.39, 0.29) is 5.69 Å². The van der Waals surface area contributed by atoms with Crippen LogP contribution in [0, 0.1) is 3.57 Å². The fourth-order valence-corrected chi connectivity index (χ4v) is 1.62. The first-order valence-electron chi connectivity index (χ1n) is 2.65. The molecule has 11 heavy (non-hydrogen) atoms. The molecule has 0 amide bonds. The van der Waals surface area contributed by atoms with E-state index in [0.717, 1.165) is 0 Å². The van der Waals surface area contributed by atoms with Gasteiger partial charge in [0.25, 0.3) is 0 Å². The molecule has 0 saturated carbocycles. The number of carboxylic acids is 1. The highest BCUT2D eigenvalue weighted by molar-refractivity contribution is 14.1. The Bertz CT molecular complexity index is 303. The summed E-state index contributed by atoms with van der Waals surface area (Å²) in [4.78, 5) is 14.1. The summed E-state index contributed by atoms with van der Waals surface area (Å²) in [5.74, 6) is -1.04. The molecule has 5 heteroatoms. The number of aromatic carboxylic acids is 1. The number of halogens is 2. The Labute approximate surface area is 81.5 Å². The maximum Gasteiger partial charge on any atom is 0.355 e. The first-order valence-corrected chi connectivity index (χ1v) is 4.11. The van der Waals surface area contributed by atoms with Gasteiger partial charge in [0.15, 0.2) is 5.69 Å². The molecule has 0 aromatic carbocycles. The Kier molecular flexibility index (Phi) is 2.67. The van der Waals surface area contributed by atoms with E-state index in [0.29, 0.717) is 8.59 Å². The van der Waals surface area contributed by atoms with Crippen LogP contribution in [0.1, 0.15) is 10.5 Å². The van der Waals surface area contributed by atoms with E-state index in [4.69, 9.17) is 16.7 Å². The monoisotopic (exact) mass is 283 g/mol. The highest BCUT2D eigenvalue weighted by Crippen LogP contribution is 2.14. The van der Waals surface area contributed by atoms with Gasteiger partial charge in [-0.3, -0.25) is 0 Å². The van der Waals surface area contributed by atoms with Gasteiger partial charge in [-0.05, 0) is 28.7 Å². The fraction of sp³-hybridized carbons (Fsp3) is 0. The highest BCUT2D eigenvalue weighted by Gasteiger charge is 2.08. The predicted molar refractivity (Wildman–Crippen MR) is 48.9 cm³/mol. The molecule has 1 N–H and O–H groups in total. The van der Waals surface area contributed by atoms with Crippen molar-refractivity contribution in [1.82, 2.24) is 4.98 Å². The summed E-state index contributed by atoms with van der Waals surface area (Å²) in [7, 11) is 0. The van der Waals surface area contributed by atoms with Crippen LogP contribution >= 0.6 is 34.2 Å². The lowest BCUT2D eigenvalue weighted by molar-refractivity contribution is 0.0689. The van der Waals surface area contributed by atoms with Crippen molar-refractivity contribution in [2.45, 2.75) is 0 Å². The lowest BCUT2D eigenvalue weighted by atomic mass is 10.4. The molecule has 1 aromatic rings. The Hall–Kier alpha value is -0.360. The SMILES string of the molecule is O=C(O)c1ncc(Cl)cc1I. The molecule has 0 fully saturated rings. The van der Waals surface area contributed by atoms with Crippen molar-refractivity contribution < 1.29 is 9.90 Å². The molecule has 0 saturated heterocycles. The third-order valence-corrected chi connectivity index (χ3v) is 2.04. The van der Waals surface area contributed by atoms with Gasteiger partial charge in [-0.25, -0.2) is 9.78 Å². The maximum atomic E-state index is 10.4. The van der Waals surface area contributed by atoms with Crippen LogP contribution in [0.4, 0.5) is 0 Å². The normalized spacial score (nSPS) is 9.64. The summed E-state index contributed by atoms with van der Waals surface area (Å²) in [5, 5.41) is 8.99. The Balaban J connectivity index is 3.20. The Morgan fingerprint density at radius 1 is 1.73 bits per heavy atom. The quantitative estimate of drug-likeness (QED) is 0.802. The average molecular weight is 283 g/mol. The van der Waals surface area contributed by atoms with Crippen LogP contribution in [0.15, 0.2) is 12.3 Å².